The maximum absolute atomic E-state index is 12.1. The van der Waals surface area contributed by atoms with Crippen LogP contribution in [-0.2, 0) is 35.6 Å². The third-order valence-corrected chi connectivity index (χ3v) is 6.23. The molecule has 1 aromatic carbocycles. The van der Waals surface area contributed by atoms with Gasteiger partial charge in [0.2, 0.25) is 5.91 Å². The van der Waals surface area contributed by atoms with E-state index < -0.39 is 43.2 Å². The second-order valence-corrected chi connectivity index (χ2v) is 11.0. The minimum atomic E-state index is -4.21. The molecule has 166 valence electrons. The number of hydrogen-bond acceptors (Lipinski definition) is 7. The third-order valence-electron chi connectivity index (χ3n) is 4.16. The van der Waals surface area contributed by atoms with Crippen molar-refractivity contribution in [2.75, 3.05) is 24.7 Å². The Morgan fingerprint density at radius 1 is 1.17 bits per heavy atom. The van der Waals surface area contributed by atoms with Crippen LogP contribution in [0.5, 0.6) is 0 Å². The minimum Gasteiger partial charge on any atom is -0.355 e. The van der Waals surface area contributed by atoms with Crippen LogP contribution in [0.2, 0.25) is 0 Å². The van der Waals surface area contributed by atoms with Gasteiger partial charge >= 0.3 is 0 Å². The van der Waals surface area contributed by atoms with E-state index in [4.69, 9.17) is 14.5 Å². The highest BCUT2D eigenvalue weighted by Crippen LogP contribution is 2.21. The highest BCUT2D eigenvalue weighted by molar-refractivity contribution is 7.87. The third kappa shape index (κ3) is 11.9. The second kappa shape index (κ2) is 11.0. The van der Waals surface area contributed by atoms with Crippen molar-refractivity contribution in [3.8, 4) is 0 Å². The van der Waals surface area contributed by atoms with Crippen molar-refractivity contribution in [3.63, 3.8) is 0 Å². The van der Waals surface area contributed by atoms with E-state index in [1.165, 1.54) is 0 Å². The summed E-state index contributed by atoms with van der Waals surface area (Å²) in [5.74, 6) is -1.44. The summed E-state index contributed by atoms with van der Waals surface area (Å²) in [6, 6.07) is 8.74. The lowest BCUT2D eigenvalue weighted by molar-refractivity contribution is -0.122. The van der Waals surface area contributed by atoms with Crippen LogP contribution in [0.1, 0.15) is 32.3 Å². The van der Waals surface area contributed by atoms with Gasteiger partial charge in [0.1, 0.15) is 0 Å². The van der Waals surface area contributed by atoms with E-state index in [0.717, 1.165) is 5.56 Å². The molecule has 29 heavy (non-hydrogen) atoms. The van der Waals surface area contributed by atoms with E-state index in [1.54, 1.807) is 13.8 Å². The van der Waals surface area contributed by atoms with Crippen molar-refractivity contribution in [2.45, 2.75) is 39.2 Å². The monoisotopic (exact) mass is 450 g/mol. The van der Waals surface area contributed by atoms with Gasteiger partial charge < -0.3 is 11.1 Å². The lowest BCUT2D eigenvalue weighted by Gasteiger charge is -2.24. The molecule has 0 fully saturated rings. The first-order chi connectivity index (χ1) is 13.3. The molecule has 4 N–H and O–H groups in total. The Hall–Kier alpha value is -1.53. The molecule has 0 heterocycles. The lowest BCUT2D eigenvalue weighted by atomic mass is 9.90. The molecule has 9 nitrogen and oxygen atoms in total. The molecule has 0 saturated carbocycles. The van der Waals surface area contributed by atoms with Crippen LogP contribution in [0, 0.1) is 5.41 Å². The normalized spacial score (nSPS) is 13.8. The largest absolute Gasteiger partial charge is 0.355 e. The minimum absolute atomic E-state index is 0.118. The van der Waals surface area contributed by atoms with E-state index in [0.29, 0.717) is 19.4 Å². The summed E-state index contributed by atoms with van der Waals surface area (Å²) in [7, 11) is -8.12. The van der Waals surface area contributed by atoms with Crippen LogP contribution in [0.4, 0.5) is 0 Å². The predicted octanol–water partition coefficient (Wildman–Crippen LogP) is 0.713. The molecule has 0 spiro atoms. The number of nitrogens with two attached hydrogens (primary N) is 1. The Bertz CT molecular complexity index is 853. The molecule has 1 unspecified atom stereocenters. The van der Waals surface area contributed by atoms with E-state index >= 15 is 0 Å². The number of carbonyl (C=O) groups is 1. The molecule has 0 bridgehead atoms. The lowest BCUT2D eigenvalue weighted by Crippen LogP contribution is -2.43. The smallest absolute Gasteiger partial charge is 0.267 e. The van der Waals surface area contributed by atoms with Gasteiger partial charge in [0.05, 0.1) is 24.2 Å². The molecule has 1 aromatic rings. The summed E-state index contributed by atoms with van der Waals surface area (Å²) in [6.45, 7) is 3.77. The van der Waals surface area contributed by atoms with E-state index in [1.807, 2.05) is 30.3 Å². The molecule has 0 aliphatic rings. The Balaban J connectivity index is 2.35. The Kier molecular flexibility index (Phi) is 9.69. The van der Waals surface area contributed by atoms with Gasteiger partial charge in [-0.15, -0.1) is 0 Å². The fourth-order valence-electron chi connectivity index (χ4n) is 2.41. The molecule has 0 aromatic heterocycles. The predicted molar refractivity (Wildman–Crippen MR) is 110 cm³/mol. The topological polar surface area (TPSA) is 153 Å². The summed E-state index contributed by atoms with van der Waals surface area (Å²) >= 11 is 0. The number of amides is 1. The van der Waals surface area contributed by atoms with Crippen molar-refractivity contribution in [1.82, 2.24) is 5.32 Å². The van der Waals surface area contributed by atoms with Crippen LogP contribution in [-0.4, -0.2) is 58.0 Å². The first-order valence-electron chi connectivity index (χ1n) is 9.19. The van der Waals surface area contributed by atoms with Crippen molar-refractivity contribution < 1.29 is 30.4 Å². The molecule has 0 aliphatic heterocycles. The summed E-state index contributed by atoms with van der Waals surface area (Å²) in [5.41, 5.74) is 6.33. The fraction of sp³-hybridized carbons (Fsp3) is 0.611. The van der Waals surface area contributed by atoms with Crippen LogP contribution in [0.25, 0.3) is 0 Å². The van der Waals surface area contributed by atoms with Gasteiger partial charge in [-0.05, 0) is 30.2 Å². The molecule has 1 rings (SSSR count). The van der Waals surface area contributed by atoms with Gasteiger partial charge in [-0.25, -0.2) is 0 Å². The van der Waals surface area contributed by atoms with Crippen LogP contribution >= 0.6 is 0 Å². The van der Waals surface area contributed by atoms with Gasteiger partial charge in [-0.1, -0.05) is 44.2 Å². The second-order valence-electron chi connectivity index (χ2n) is 7.67. The summed E-state index contributed by atoms with van der Waals surface area (Å²) in [4.78, 5) is 12.1. The number of hydrogen-bond donors (Lipinski definition) is 3. The zero-order valence-electron chi connectivity index (χ0n) is 16.7. The van der Waals surface area contributed by atoms with Crippen LogP contribution < -0.4 is 11.1 Å². The van der Waals surface area contributed by atoms with E-state index in [-0.39, 0.29) is 18.9 Å². The maximum atomic E-state index is 12.1. The molecule has 1 atom stereocenters. The first-order valence-corrected chi connectivity index (χ1v) is 12.4. The van der Waals surface area contributed by atoms with Crippen molar-refractivity contribution in [2.24, 2.45) is 11.1 Å². The van der Waals surface area contributed by atoms with Gasteiger partial charge in [0.25, 0.3) is 20.2 Å². The molecular weight excluding hydrogens is 420 g/mol. The summed E-state index contributed by atoms with van der Waals surface area (Å²) in [6.07, 6.45) is 0.620. The van der Waals surface area contributed by atoms with Crippen LogP contribution in [0.3, 0.4) is 0 Å². The molecule has 0 radical (unpaired) electrons. The summed E-state index contributed by atoms with van der Waals surface area (Å²) < 4.78 is 58.5. The van der Waals surface area contributed by atoms with Crippen LogP contribution in [0.15, 0.2) is 30.3 Å². The van der Waals surface area contributed by atoms with Gasteiger partial charge in [0.15, 0.2) is 0 Å². The number of rotatable bonds is 13. The SMILES string of the molecule is CC(C)(CCNC(=O)C(N)Cc1ccccc1)COS(=O)(=O)CCCS(=O)(=O)O. The molecule has 1 amide bonds. The number of nitrogens with one attached hydrogen (secondary N) is 1. The van der Waals surface area contributed by atoms with E-state index in [2.05, 4.69) is 5.32 Å². The zero-order chi connectivity index (χ0) is 22.1. The van der Waals surface area contributed by atoms with Gasteiger partial charge in [-0.3, -0.25) is 13.5 Å². The van der Waals surface area contributed by atoms with Crippen molar-refractivity contribution in [1.29, 1.82) is 0 Å². The average molecular weight is 451 g/mol. The molecule has 0 aliphatic carbocycles. The maximum Gasteiger partial charge on any atom is 0.267 e. The Labute approximate surface area is 172 Å². The average Bonchev–Trinajstić information content (AvgIpc) is 2.59. The van der Waals surface area contributed by atoms with Crippen molar-refractivity contribution >= 4 is 26.1 Å². The van der Waals surface area contributed by atoms with Crippen molar-refractivity contribution in [3.05, 3.63) is 35.9 Å². The molecule has 11 heteroatoms. The molecule has 0 saturated heterocycles. The zero-order valence-corrected chi connectivity index (χ0v) is 18.3. The van der Waals surface area contributed by atoms with Gasteiger partial charge in [-0.2, -0.15) is 16.8 Å². The standard InChI is InChI=1S/C18H30N2O7S2/c1-18(2,14-27-29(25,26)12-6-11-28(22,23)24)9-10-20-17(21)16(19)13-15-7-4-3-5-8-15/h3-5,7-8,16H,6,9-14,19H2,1-2H3,(H,20,21)(H,22,23,24). The fourth-order valence-corrected chi connectivity index (χ4v) is 4.22. The molecular formula is C18H30N2O7S2. The highest BCUT2D eigenvalue weighted by Gasteiger charge is 2.23. The van der Waals surface area contributed by atoms with E-state index in [9.17, 15) is 21.6 Å². The first kappa shape index (κ1) is 25.5. The highest BCUT2D eigenvalue weighted by atomic mass is 32.2. The summed E-state index contributed by atoms with van der Waals surface area (Å²) in [5, 5.41) is 2.74. The quantitative estimate of drug-likeness (QED) is 0.293. The number of carbonyl (C=O) groups excluding carboxylic acids is 1. The Morgan fingerprint density at radius 3 is 2.38 bits per heavy atom. The van der Waals surface area contributed by atoms with Gasteiger partial charge in [0, 0.05) is 6.54 Å². The number of benzene rings is 1. The Morgan fingerprint density at radius 2 is 1.79 bits per heavy atom.